The summed E-state index contributed by atoms with van der Waals surface area (Å²) in [6.07, 6.45) is 0.599. The van der Waals surface area contributed by atoms with Crippen molar-refractivity contribution in [3.63, 3.8) is 0 Å². The van der Waals surface area contributed by atoms with Gasteiger partial charge in [0.05, 0.1) is 5.02 Å². The van der Waals surface area contributed by atoms with Gasteiger partial charge in [-0.2, -0.15) is 0 Å². The number of hydrogen-bond donors (Lipinski definition) is 0. The Balaban J connectivity index is 2.56. The molecule has 2 aromatic rings. The van der Waals surface area contributed by atoms with Gasteiger partial charge >= 0.3 is 0 Å². The fourth-order valence-corrected chi connectivity index (χ4v) is 1.70. The molecule has 0 fully saturated rings. The van der Waals surface area contributed by atoms with E-state index in [1.165, 1.54) is 24.3 Å². The predicted molar refractivity (Wildman–Crippen MR) is 62.2 cm³/mol. The lowest BCUT2D eigenvalue weighted by Crippen LogP contribution is -1.87. The average Bonchev–Trinajstić information content (AvgIpc) is 2.28. The molecule has 0 aromatic heterocycles. The molecule has 0 amide bonds. The molecule has 2 aromatic carbocycles. The first-order valence-electron chi connectivity index (χ1n) is 4.81. The smallest absolute Gasteiger partial charge is 0.151 e. The Hall–Kier alpha value is -1.74. The molecule has 0 aliphatic heterocycles. The highest BCUT2D eigenvalue weighted by Gasteiger charge is 2.06. The van der Waals surface area contributed by atoms with Crippen LogP contribution < -0.4 is 0 Å². The molecule has 0 aliphatic rings. The Morgan fingerprint density at radius 1 is 0.941 bits per heavy atom. The van der Waals surface area contributed by atoms with E-state index in [-0.39, 0.29) is 5.56 Å². The van der Waals surface area contributed by atoms with E-state index in [0.29, 0.717) is 22.4 Å². The number of rotatable bonds is 2. The lowest BCUT2D eigenvalue weighted by molar-refractivity contribution is 0.112. The van der Waals surface area contributed by atoms with E-state index in [2.05, 4.69) is 0 Å². The molecule has 0 aliphatic carbocycles. The molecule has 0 saturated carbocycles. The van der Waals surface area contributed by atoms with Crippen LogP contribution in [0.15, 0.2) is 36.4 Å². The zero-order valence-corrected chi connectivity index (χ0v) is 9.34. The average molecular weight is 253 g/mol. The summed E-state index contributed by atoms with van der Waals surface area (Å²) < 4.78 is 26.1. The molecule has 0 N–H and O–H groups in total. The van der Waals surface area contributed by atoms with Crippen LogP contribution in [0.4, 0.5) is 8.78 Å². The van der Waals surface area contributed by atoms with Gasteiger partial charge in [-0.25, -0.2) is 8.78 Å². The van der Waals surface area contributed by atoms with Crippen molar-refractivity contribution in [2.75, 3.05) is 0 Å². The quantitative estimate of drug-likeness (QED) is 0.736. The van der Waals surface area contributed by atoms with Crippen LogP contribution in [0.3, 0.4) is 0 Å². The van der Waals surface area contributed by atoms with E-state index in [4.69, 9.17) is 11.6 Å². The first-order valence-corrected chi connectivity index (χ1v) is 5.19. The van der Waals surface area contributed by atoms with Crippen molar-refractivity contribution >= 4 is 17.9 Å². The second kappa shape index (κ2) is 4.63. The van der Waals surface area contributed by atoms with E-state index in [0.717, 1.165) is 6.07 Å². The summed E-state index contributed by atoms with van der Waals surface area (Å²) >= 11 is 5.77. The minimum absolute atomic E-state index is 0.286. The third-order valence-corrected chi connectivity index (χ3v) is 2.66. The Morgan fingerprint density at radius 3 is 2.18 bits per heavy atom. The van der Waals surface area contributed by atoms with Gasteiger partial charge in [0.2, 0.25) is 0 Å². The van der Waals surface area contributed by atoms with E-state index < -0.39 is 11.6 Å². The van der Waals surface area contributed by atoms with Crippen molar-refractivity contribution in [2.24, 2.45) is 0 Å². The number of hydrogen-bond acceptors (Lipinski definition) is 1. The molecule has 0 atom stereocenters. The largest absolute Gasteiger partial charge is 0.298 e. The molecule has 0 saturated heterocycles. The van der Waals surface area contributed by atoms with Gasteiger partial charge < -0.3 is 0 Å². The molecule has 0 bridgehead atoms. The molecule has 0 unspecified atom stereocenters. The predicted octanol–water partition coefficient (Wildman–Crippen LogP) is 4.10. The number of carbonyl (C=O) groups excluding carboxylic acids is 1. The van der Waals surface area contributed by atoms with Crippen molar-refractivity contribution < 1.29 is 13.6 Å². The normalized spacial score (nSPS) is 10.3. The summed E-state index contributed by atoms with van der Waals surface area (Å²) in [7, 11) is 0. The van der Waals surface area contributed by atoms with Crippen LogP contribution in [0, 0.1) is 11.6 Å². The third kappa shape index (κ3) is 2.50. The van der Waals surface area contributed by atoms with Gasteiger partial charge in [-0.1, -0.05) is 17.7 Å². The van der Waals surface area contributed by atoms with Gasteiger partial charge in [-0.3, -0.25) is 4.79 Å². The highest BCUT2D eigenvalue weighted by atomic mass is 35.5. The highest BCUT2D eigenvalue weighted by molar-refractivity contribution is 6.33. The molecule has 0 spiro atoms. The van der Waals surface area contributed by atoms with Crippen LogP contribution in [0.1, 0.15) is 10.4 Å². The maximum absolute atomic E-state index is 13.0. The standard InChI is InChI=1S/C13H7ClF2O/c14-13-2-1-8(3-10(13)7-17)9-4-11(15)6-12(16)5-9/h1-7H. The van der Waals surface area contributed by atoms with E-state index in [9.17, 15) is 13.6 Å². The Labute approximate surface area is 102 Å². The second-order valence-electron chi connectivity index (χ2n) is 3.51. The van der Waals surface area contributed by atoms with Gasteiger partial charge in [0, 0.05) is 11.6 Å². The third-order valence-electron chi connectivity index (χ3n) is 2.32. The van der Waals surface area contributed by atoms with E-state index in [1.807, 2.05) is 0 Å². The highest BCUT2D eigenvalue weighted by Crippen LogP contribution is 2.25. The summed E-state index contributed by atoms with van der Waals surface area (Å²) in [5.74, 6) is -1.33. The van der Waals surface area contributed by atoms with E-state index in [1.54, 1.807) is 6.07 Å². The number of carbonyl (C=O) groups is 1. The number of aldehydes is 1. The molecular formula is C13H7ClF2O. The summed E-state index contributed by atoms with van der Waals surface area (Å²) in [6.45, 7) is 0. The second-order valence-corrected chi connectivity index (χ2v) is 3.92. The Kier molecular flexibility index (Phi) is 3.20. The van der Waals surface area contributed by atoms with E-state index >= 15 is 0 Å². The van der Waals surface area contributed by atoms with Crippen LogP contribution in [-0.4, -0.2) is 6.29 Å². The number of benzene rings is 2. The van der Waals surface area contributed by atoms with Crippen LogP contribution in [0.25, 0.3) is 11.1 Å². The number of halogens is 3. The first-order chi connectivity index (χ1) is 8.10. The van der Waals surface area contributed by atoms with Crippen molar-refractivity contribution in [3.8, 4) is 11.1 Å². The summed E-state index contributed by atoms with van der Waals surface area (Å²) in [4.78, 5) is 10.7. The maximum atomic E-state index is 13.0. The molecule has 17 heavy (non-hydrogen) atoms. The summed E-state index contributed by atoms with van der Waals surface area (Å²) in [5, 5.41) is 0.306. The van der Waals surface area contributed by atoms with Crippen LogP contribution in [-0.2, 0) is 0 Å². The van der Waals surface area contributed by atoms with Crippen molar-refractivity contribution in [1.82, 2.24) is 0 Å². The minimum Gasteiger partial charge on any atom is -0.298 e. The molecule has 86 valence electrons. The van der Waals surface area contributed by atoms with Crippen molar-refractivity contribution in [2.45, 2.75) is 0 Å². The Bertz CT molecular complexity index is 561. The maximum Gasteiger partial charge on any atom is 0.151 e. The van der Waals surface area contributed by atoms with Crippen molar-refractivity contribution in [3.05, 3.63) is 58.6 Å². The SMILES string of the molecule is O=Cc1cc(-c2cc(F)cc(F)c2)ccc1Cl. The molecule has 0 heterocycles. The van der Waals surface area contributed by atoms with Crippen molar-refractivity contribution in [1.29, 1.82) is 0 Å². The Morgan fingerprint density at radius 2 is 1.59 bits per heavy atom. The van der Waals surface area contributed by atoms with Gasteiger partial charge in [-0.05, 0) is 35.4 Å². The molecule has 0 radical (unpaired) electrons. The molecular weight excluding hydrogens is 246 g/mol. The topological polar surface area (TPSA) is 17.1 Å². The summed E-state index contributed by atoms with van der Waals surface area (Å²) in [6, 6.07) is 7.79. The zero-order valence-electron chi connectivity index (χ0n) is 8.58. The minimum atomic E-state index is -0.664. The molecule has 1 nitrogen and oxygen atoms in total. The summed E-state index contributed by atoms with van der Waals surface area (Å²) in [5.41, 5.74) is 1.19. The van der Waals surface area contributed by atoms with Crippen LogP contribution >= 0.6 is 11.6 Å². The van der Waals surface area contributed by atoms with Gasteiger partial charge in [0.15, 0.2) is 6.29 Å². The molecule has 4 heteroatoms. The zero-order chi connectivity index (χ0) is 12.4. The lowest BCUT2D eigenvalue weighted by atomic mass is 10.0. The van der Waals surface area contributed by atoms with Gasteiger partial charge in [0.25, 0.3) is 0 Å². The van der Waals surface area contributed by atoms with Gasteiger partial charge in [-0.15, -0.1) is 0 Å². The fourth-order valence-electron chi connectivity index (χ4n) is 1.53. The molecule has 2 rings (SSSR count). The van der Waals surface area contributed by atoms with Crippen LogP contribution in [0.2, 0.25) is 5.02 Å². The lowest BCUT2D eigenvalue weighted by Gasteiger charge is -2.04. The first kappa shape index (κ1) is 11.7. The fraction of sp³-hybridized carbons (Fsp3) is 0. The van der Waals surface area contributed by atoms with Gasteiger partial charge in [0.1, 0.15) is 11.6 Å². The van der Waals surface area contributed by atoms with Crippen LogP contribution in [0.5, 0.6) is 0 Å². The monoisotopic (exact) mass is 252 g/mol.